The predicted molar refractivity (Wildman–Crippen MR) is 126 cm³/mol. The minimum atomic E-state index is -1.10. The number of aromatic carboxylic acids is 1. The van der Waals surface area contributed by atoms with E-state index in [1.54, 1.807) is 0 Å². The Morgan fingerprint density at radius 1 is 0.941 bits per heavy atom. The van der Waals surface area contributed by atoms with Crippen LogP contribution in [0, 0.1) is 11.8 Å². The number of carboxylic acids is 1. The Morgan fingerprint density at radius 3 is 2.03 bits per heavy atom. The highest BCUT2D eigenvalue weighted by Crippen LogP contribution is 2.44. The number of nitrogens with one attached hydrogen (secondary N) is 1. The van der Waals surface area contributed by atoms with E-state index in [0.717, 1.165) is 22.3 Å². The van der Waals surface area contributed by atoms with Crippen LogP contribution in [0.2, 0.25) is 0 Å². The Kier molecular flexibility index (Phi) is 6.69. The highest BCUT2D eigenvalue weighted by Gasteiger charge is 2.28. The lowest BCUT2D eigenvalue weighted by Crippen LogP contribution is -2.26. The van der Waals surface area contributed by atoms with Crippen LogP contribution in [0.3, 0.4) is 0 Å². The standard InChI is InChI=1S/C27H23NO6/c1-32-24-14-17(26(29)30)15-25(33-2)22(24)12-7-13-28-27(31)34-16-23-20-10-5-3-8-18(20)19-9-4-6-11-21(19)23/h3-6,8-11,14-15,23H,13,16H2,1-2H3,(H,28,31)(H,29,30). The van der Waals surface area contributed by atoms with Gasteiger partial charge < -0.3 is 24.6 Å². The van der Waals surface area contributed by atoms with Crippen molar-refractivity contribution in [2.24, 2.45) is 0 Å². The van der Waals surface area contributed by atoms with Gasteiger partial charge >= 0.3 is 12.1 Å². The first kappa shape index (κ1) is 22.7. The van der Waals surface area contributed by atoms with Crippen LogP contribution in [0.4, 0.5) is 4.79 Å². The SMILES string of the molecule is COc1cc(C(=O)O)cc(OC)c1C#CCNC(=O)OCC1c2ccccc2-c2ccccc21. The number of carboxylic acid groups (broad SMARTS) is 1. The highest BCUT2D eigenvalue weighted by atomic mass is 16.5. The molecule has 0 aromatic heterocycles. The number of fused-ring (bicyclic) bond motifs is 3. The quantitative estimate of drug-likeness (QED) is 0.537. The minimum absolute atomic E-state index is 0.0227. The molecule has 7 heteroatoms. The van der Waals surface area contributed by atoms with Gasteiger partial charge in [-0.2, -0.15) is 0 Å². The summed E-state index contributed by atoms with van der Waals surface area (Å²) >= 11 is 0. The van der Waals surface area contributed by atoms with E-state index in [-0.39, 0.29) is 36.1 Å². The van der Waals surface area contributed by atoms with Crippen LogP contribution in [0.15, 0.2) is 60.7 Å². The Bertz CT molecular complexity index is 1230. The molecule has 0 saturated carbocycles. The molecule has 4 rings (SSSR count). The number of hydrogen-bond donors (Lipinski definition) is 2. The summed E-state index contributed by atoms with van der Waals surface area (Å²) in [6.07, 6.45) is -0.573. The van der Waals surface area contributed by atoms with Crippen molar-refractivity contribution in [2.45, 2.75) is 5.92 Å². The molecule has 34 heavy (non-hydrogen) atoms. The van der Waals surface area contributed by atoms with E-state index in [0.29, 0.717) is 5.56 Å². The van der Waals surface area contributed by atoms with E-state index < -0.39 is 12.1 Å². The Hall–Kier alpha value is -4.44. The summed E-state index contributed by atoms with van der Waals surface area (Å²) in [5.74, 6) is 5.10. The zero-order valence-corrected chi connectivity index (χ0v) is 18.8. The molecule has 1 aliphatic rings. The van der Waals surface area contributed by atoms with E-state index >= 15 is 0 Å². The number of amides is 1. The molecule has 0 heterocycles. The predicted octanol–water partition coefficient (Wildman–Crippen LogP) is 4.29. The van der Waals surface area contributed by atoms with Crippen molar-refractivity contribution >= 4 is 12.1 Å². The zero-order valence-electron chi connectivity index (χ0n) is 18.8. The second-order valence-corrected chi connectivity index (χ2v) is 7.54. The first-order valence-corrected chi connectivity index (χ1v) is 10.6. The van der Waals surface area contributed by atoms with Crippen molar-refractivity contribution in [3.8, 4) is 34.5 Å². The van der Waals surface area contributed by atoms with Gasteiger partial charge in [0.15, 0.2) is 0 Å². The second kappa shape index (κ2) is 10.0. The maximum Gasteiger partial charge on any atom is 0.407 e. The van der Waals surface area contributed by atoms with Gasteiger partial charge in [0.25, 0.3) is 0 Å². The fourth-order valence-electron chi connectivity index (χ4n) is 4.06. The van der Waals surface area contributed by atoms with E-state index in [2.05, 4.69) is 41.4 Å². The summed E-state index contributed by atoms with van der Waals surface area (Å²) in [5, 5.41) is 11.8. The van der Waals surface area contributed by atoms with E-state index in [1.807, 2.05) is 24.3 Å². The number of benzene rings is 3. The summed E-state index contributed by atoms with van der Waals surface area (Å²) in [5.41, 5.74) is 5.02. The van der Waals surface area contributed by atoms with Gasteiger partial charge in [0.1, 0.15) is 23.7 Å². The van der Waals surface area contributed by atoms with Crippen LogP contribution >= 0.6 is 0 Å². The first-order chi connectivity index (χ1) is 16.5. The number of carbonyl (C=O) groups is 2. The van der Waals surface area contributed by atoms with Crippen molar-refractivity contribution < 1.29 is 28.9 Å². The van der Waals surface area contributed by atoms with Gasteiger partial charge in [0.05, 0.1) is 26.3 Å². The summed E-state index contributed by atoms with van der Waals surface area (Å²) in [6, 6.07) is 19.0. The van der Waals surface area contributed by atoms with Crippen LogP contribution in [0.25, 0.3) is 11.1 Å². The van der Waals surface area contributed by atoms with Gasteiger partial charge in [-0.25, -0.2) is 9.59 Å². The third-order valence-corrected chi connectivity index (χ3v) is 5.63. The maximum absolute atomic E-state index is 12.3. The minimum Gasteiger partial charge on any atom is -0.495 e. The average Bonchev–Trinajstić information content (AvgIpc) is 3.18. The molecule has 172 valence electrons. The van der Waals surface area contributed by atoms with Crippen molar-refractivity contribution in [1.29, 1.82) is 0 Å². The fraction of sp³-hybridized carbons (Fsp3) is 0.185. The molecule has 7 nitrogen and oxygen atoms in total. The topological polar surface area (TPSA) is 94.1 Å². The molecule has 0 atom stereocenters. The number of methoxy groups -OCH3 is 2. The lowest BCUT2D eigenvalue weighted by atomic mass is 9.98. The van der Waals surface area contributed by atoms with Crippen LogP contribution in [-0.4, -0.2) is 44.5 Å². The molecular formula is C27H23NO6. The Morgan fingerprint density at radius 2 is 1.50 bits per heavy atom. The summed E-state index contributed by atoms with van der Waals surface area (Å²) < 4.78 is 16.0. The number of alkyl carbamates (subject to hydrolysis) is 1. The van der Waals surface area contributed by atoms with Gasteiger partial charge in [-0.3, -0.25) is 0 Å². The van der Waals surface area contributed by atoms with Gasteiger partial charge in [-0.15, -0.1) is 0 Å². The molecule has 0 saturated heterocycles. The third-order valence-electron chi connectivity index (χ3n) is 5.63. The maximum atomic E-state index is 12.3. The van der Waals surface area contributed by atoms with Crippen molar-refractivity contribution in [3.63, 3.8) is 0 Å². The molecule has 0 bridgehead atoms. The molecule has 1 aliphatic carbocycles. The van der Waals surface area contributed by atoms with Crippen LogP contribution < -0.4 is 14.8 Å². The summed E-state index contributed by atoms with van der Waals surface area (Å²) in [4.78, 5) is 23.6. The molecule has 3 aromatic rings. The van der Waals surface area contributed by atoms with E-state index in [9.17, 15) is 14.7 Å². The molecule has 2 N–H and O–H groups in total. The number of carbonyl (C=O) groups excluding carboxylic acids is 1. The number of rotatable bonds is 6. The zero-order chi connectivity index (χ0) is 24.1. The van der Waals surface area contributed by atoms with E-state index in [4.69, 9.17) is 14.2 Å². The van der Waals surface area contributed by atoms with Gasteiger partial charge in [-0.1, -0.05) is 60.4 Å². The largest absolute Gasteiger partial charge is 0.495 e. The van der Waals surface area contributed by atoms with E-state index in [1.165, 1.54) is 26.4 Å². The van der Waals surface area contributed by atoms with Crippen LogP contribution in [0.5, 0.6) is 11.5 Å². The third kappa shape index (κ3) is 4.52. The van der Waals surface area contributed by atoms with Gasteiger partial charge in [0.2, 0.25) is 0 Å². The molecule has 0 aliphatic heterocycles. The Labute approximate surface area is 197 Å². The second-order valence-electron chi connectivity index (χ2n) is 7.54. The molecule has 1 amide bonds. The highest BCUT2D eigenvalue weighted by molar-refractivity contribution is 5.89. The van der Waals surface area contributed by atoms with Crippen molar-refractivity contribution in [1.82, 2.24) is 5.32 Å². The van der Waals surface area contributed by atoms with Crippen LogP contribution in [0.1, 0.15) is 33.0 Å². The van der Waals surface area contributed by atoms with Gasteiger partial charge in [-0.05, 0) is 34.4 Å². The molecule has 0 fully saturated rings. The molecular weight excluding hydrogens is 434 g/mol. The monoisotopic (exact) mass is 457 g/mol. The summed E-state index contributed by atoms with van der Waals surface area (Å²) in [7, 11) is 2.83. The number of hydrogen-bond acceptors (Lipinski definition) is 5. The molecule has 0 unspecified atom stereocenters. The lowest BCUT2D eigenvalue weighted by Gasteiger charge is -2.14. The van der Waals surface area contributed by atoms with Gasteiger partial charge in [0, 0.05) is 5.92 Å². The average molecular weight is 457 g/mol. The lowest BCUT2D eigenvalue weighted by molar-refractivity contribution is 0.0696. The molecule has 3 aromatic carbocycles. The first-order valence-electron chi connectivity index (χ1n) is 10.6. The van der Waals surface area contributed by atoms with Crippen molar-refractivity contribution in [2.75, 3.05) is 27.4 Å². The normalized spacial score (nSPS) is 11.5. The van der Waals surface area contributed by atoms with Crippen molar-refractivity contribution in [3.05, 3.63) is 82.9 Å². The molecule has 0 spiro atoms. The fourth-order valence-corrected chi connectivity index (χ4v) is 4.06. The smallest absolute Gasteiger partial charge is 0.407 e. The Balaban J connectivity index is 1.39. The molecule has 0 radical (unpaired) electrons. The number of ether oxygens (including phenoxy) is 3. The van der Waals surface area contributed by atoms with Crippen LogP contribution in [-0.2, 0) is 4.74 Å². The summed E-state index contributed by atoms with van der Waals surface area (Å²) in [6.45, 7) is 0.245.